The molecule has 1 fully saturated rings. The first-order valence-electron chi connectivity index (χ1n) is 10.7. The summed E-state index contributed by atoms with van der Waals surface area (Å²) in [6.07, 6.45) is -2.74. The fourth-order valence-corrected chi connectivity index (χ4v) is 3.78. The SMILES string of the molecule is COc1cc(N2CCN(C(=O)NCc3ccc(C(F)(F)F)cc3)CC2)ccc1-n1cnc(C)n1. The summed E-state index contributed by atoms with van der Waals surface area (Å²) in [5.74, 6) is 1.33. The average molecular weight is 474 g/mol. The van der Waals surface area contributed by atoms with Crippen LogP contribution in [0.2, 0.25) is 0 Å². The number of nitrogens with zero attached hydrogens (tertiary/aromatic N) is 5. The zero-order valence-corrected chi connectivity index (χ0v) is 18.8. The molecule has 0 spiro atoms. The summed E-state index contributed by atoms with van der Waals surface area (Å²) in [4.78, 5) is 20.5. The molecular weight excluding hydrogens is 449 g/mol. The lowest BCUT2D eigenvalue weighted by Gasteiger charge is -2.36. The molecule has 34 heavy (non-hydrogen) atoms. The Bertz CT molecular complexity index is 1140. The second kappa shape index (κ2) is 9.62. The van der Waals surface area contributed by atoms with Crippen molar-refractivity contribution in [3.8, 4) is 11.4 Å². The molecule has 0 saturated carbocycles. The van der Waals surface area contributed by atoms with E-state index < -0.39 is 11.7 Å². The Hall–Kier alpha value is -3.76. The van der Waals surface area contributed by atoms with E-state index in [1.165, 1.54) is 12.1 Å². The zero-order valence-electron chi connectivity index (χ0n) is 18.8. The van der Waals surface area contributed by atoms with Gasteiger partial charge in [-0.2, -0.15) is 18.3 Å². The van der Waals surface area contributed by atoms with E-state index in [4.69, 9.17) is 4.74 Å². The molecule has 0 atom stereocenters. The molecule has 0 bridgehead atoms. The van der Waals surface area contributed by atoms with Gasteiger partial charge in [-0.3, -0.25) is 0 Å². The highest BCUT2D eigenvalue weighted by Crippen LogP contribution is 2.30. The van der Waals surface area contributed by atoms with Gasteiger partial charge in [0.05, 0.1) is 12.7 Å². The molecule has 1 N–H and O–H groups in total. The van der Waals surface area contributed by atoms with Crippen molar-refractivity contribution in [2.75, 3.05) is 38.2 Å². The molecule has 8 nitrogen and oxygen atoms in total. The van der Waals surface area contributed by atoms with Crippen LogP contribution in [0.25, 0.3) is 5.69 Å². The van der Waals surface area contributed by atoms with Crippen molar-refractivity contribution < 1.29 is 22.7 Å². The zero-order chi connectivity index (χ0) is 24.3. The first kappa shape index (κ1) is 23.4. The Labute approximate surface area is 194 Å². The Morgan fingerprint density at radius 3 is 2.38 bits per heavy atom. The first-order valence-corrected chi connectivity index (χ1v) is 10.7. The third kappa shape index (κ3) is 5.24. The number of carbonyl (C=O) groups is 1. The van der Waals surface area contributed by atoms with Crippen LogP contribution in [0.5, 0.6) is 5.75 Å². The van der Waals surface area contributed by atoms with E-state index in [2.05, 4.69) is 20.3 Å². The molecule has 4 rings (SSSR count). The van der Waals surface area contributed by atoms with Crippen LogP contribution in [0.3, 0.4) is 0 Å². The summed E-state index contributed by atoms with van der Waals surface area (Å²) in [7, 11) is 1.60. The molecule has 2 amide bonds. The van der Waals surface area contributed by atoms with Crippen molar-refractivity contribution in [3.63, 3.8) is 0 Å². The van der Waals surface area contributed by atoms with Crippen molar-refractivity contribution in [3.05, 3.63) is 65.7 Å². The molecule has 2 heterocycles. The number of methoxy groups -OCH3 is 1. The molecule has 3 aromatic rings. The van der Waals surface area contributed by atoms with Gasteiger partial charge in [-0.15, -0.1) is 0 Å². The van der Waals surface area contributed by atoms with E-state index in [-0.39, 0.29) is 12.6 Å². The first-order chi connectivity index (χ1) is 16.2. The smallest absolute Gasteiger partial charge is 0.416 e. The molecule has 0 aliphatic carbocycles. The van der Waals surface area contributed by atoms with E-state index in [1.807, 2.05) is 25.1 Å². The lowest BCUT2D eigenvalue weighted by atomic mass is 10.1. The standard InChI is InChI=1S/C23H25F3N6O2/c1-16-28-15-32(29-16)20-8-7-19(13-21(20)34-2)30-9-11-31(12-10-30)22(33)27-14-17-3-5-18(6-4-17)23(24,25)26/h3-8,13,15H,9-12,14H2,1-2H3,(H,27,33). The lowest BCUT2D eigenvalue weighted by Crippen LogP contribution is -2.51. The van der Waals surface area contributed by atoms with Crippen LogP contribution in [-0.2, 0) is 12.7 Å². The Morgan fingerprint density at radius 1 is 1.09 bits per heavy atom. The molecule has 180 valence electrons. The van der Waals surface area contributed by atoms with Crippen LogP contribution < -0.4 is 15.0 Å². The Morgan fingerprint density at radius 2 is 1.79 bits per heavy atom. The Kier molecular flexibility index (Phi) is 6.62. The molecule has 1 aromatic heterocycles. The predicted molar refractivity (Wildman–Crippen MR) is 120 cm³/mol. The van der Waals surface area contributed by atoms with Gasteiger partial charge in [-0.25, -0.2) is 14.5 Å². The van der Waals surface area contributed by atoms with E-state index in [9.17, 15) is 18.0 Å². The number of halogens is 3. The Balaban J connectivity index is 1.32. The number of benzene rings is 2. The number of hydrogen-bond acceptors (Lipinski definition) is 5. The van der Waals surface area contributed by atoms with Gasteiger partial charge in [0.1, 0.15) is 23.6 Å². The van der Waals surface area contributed by atoms with Crippen LogP contribution >= 0.6 is 0 Å². The number of aryl methyl sites for hydroxylation is 1. The average Bonchev–Trinajstić information content (AvgIpc) is 3.28. The van der Waals surface area contributed by atoms with Crippen molar-refractivity contribution in [2.24, 2.45) is 0 Å². The van der Waals surface area contributed by atoms with Crippen LogP contribution in [0, 0.1) is 6.92 Å². The fourth-order valence-electron chi connectivity index (χ4n) is 3.78. The molecular formula is C23H25F3N6O2. The fraction of sp³-hybridized carbons (Fsp3) is 0.348. The third-order valence-corrected chi connectivity index (χ3v) is 5.67. The normalized spacial score (nSPS) is 14.3. The van der Waals surface area contributed by atoms with E-state index in [0.717, 1.165) is 23.5 Å². The molecule has 11 heteroatoms. The quantitative estimate of drug-likeness (QED) is 0.611. The van der Waals surface area contributed by atoms with E-state index in [0.29, 0.717) is 43.3 Å². The maximum absolute atomic E-state index is 12.7. The van der Waals surface area contributed by atoms with E-state index >= 15 is 0 Å². The summed E-state index contributed by atoms with van der Waals surface area (Å²) in [6, 6.07) is 10.4. The molecule has 2 aromatic carbocycles. The van der Waals surface area contributed by atoms with Crippen molar-refractivity contribution in [1.29, 1.82) is 0 Å². The number of rotatable bonds is 5. The number of alkyl halides is 3. The molecule has 1 aliphatic rings. The van der Waals surface area contributed by atoms with Gasteiger partial charge >= 0.3 is 12.2 Å². The summed E-state index contributed by atoms with van der Waals surface area (Å²) in [5, 5.41) is 7.11. The second-order valence-electron chi connectivity index (χ2n) is 7.92. The number of amides is 2. The van der Waals surface area contributed by atoms with Crippen molar-refractivity contribution in [1.82, 2.24) is 25.0 Å². The summed E-state index contributed by atoms with van der Waals surface area (Å²) >= 11 is 0. The van der Waals surface area contributed by atoms with Crippen LogP contribution in [-0.4, -0.2) is 59.0 Å². The van der Waals surface area contributed by atoms with Gasteiger partial charge in [0.2, 0.25) is 0 Å². The molecule has 0 radical (unpaired) electrons. The minimum atomic E-state index is -4.37. The molecule has 1 aliphatic heterocycles. The van der Waals surface area contributed by atoms with Crippen molar-refractivity contribution in [2.45, 2.75) is 19.6 Å². The van der Waals surface area contributed by atoms with Gasteiger partial charge < -0.3 is 19.9 Å². The van der Waals surface area contributed by atoms with Gasteiger partial charge in [0.15, 0.2) is 0 Å². The van der Waals surface area contributed by atoms with Gasteiger partial charge in [0.25, 0.3) is 0 Å². The van der Waals surface area contributed by atoms with Gasteiger partial charge in [-0.1, -0.05) is 12.1 Å². The number of hydrogen-bond donors (Lipinski definition) is 1. The van der Waals surface area contributed by atoms with Gasteiger partial charge in [0, 0.05) is 44.5 Å². The van der Waals surface area contributed by atoms with Crippen LogP contribution in [0.4, 0.5) is 23.7 Å². The largest absolute Gasteiger partial charge is 0.494 e. The number of ether oxygens (including phenoxy) is 1. The molecule has 1 saturated heterocycles. The minimum absolute atomic E-state index is 0.164. The number of urea groups is 1. The number of nitrogens with one attached hydrogen (secondary N) is 1. The summed E-state index contributed by atoms with van der Waals surface area (Å²) in [6.45, 7) is 4.29. The number of anilines is 1. The predicted octanol–water partition coefficient (Wildman–Crippen LogP) is 3.63. The lowest BCUT2D eigenvalue weighted by molar-refractivity contribution is -0.137. The topological polar surface area (TPSA) is 75.5 Å². The summed E-state index contributed by atoms with van der Waals surface area (Å²) in [5.41, 5.74) is 1.66. The van der Waals surface area contributed by atoms with Crippen LogP contribution in [0.15, 0.2) is 48.8 Å². The monoisotopic (exact) mass is 474 g/mol. The molecule has 0 unspecified atom stereocenters. The van der Waals surface area contributed by atoms with E-state index in [1.54, 1.807) is 23.0 Å². The highest BCUT2D eigenvalue weighted by atomic mass is 19.4. The van der Waals surface area contributed by atoms with Gasteiger partial charge in [-0.05, 0) is 36.8 Å². The van der Waals surface area contributed by atoms with Crippen LogP contribution in [0.1, 0.15) is 17.0 Å². The maximum Gasteiger partial charge on any atom is 0.416 e. The second-order valence-corrected chi connectivity index (χ2v) is 7.92. The van der Waals surface area contributed by atoms with Crippen molar-refractivity contribution >= 4 is 11.7 Å². The highest BCUT2D eigenvalue weighted by Gasteiger charge is 2.30. The summed E-state index contributed by atoms with van der Waals surface area (Å²) < 4.78 is 45.2. The number of piperazine rings is 1. The number of carbonyl (C=O) groups excluding carboxylic acids is 1. The maximum atomic E-state index is 12.7. The highest BCUT2D eigenvalue weighted by molar-refractivity contribution is 5.74. The minimum Gasteiger partial charge on any atom is -0.494 e. The number of aromatic nitrogens is 3. The third-order valence-electron chi connectivity index (χ3n) is 5.67.